The van der Waals surface area contributed by atoms with Gasteiger partial charge in [-0.3, -0.25) is 19.2 Å². The summed E-state index contributed by atoms with van der Waals surface area (Å²) in [7, 11) is 0. The number of amides is 5. The van der Waals surface area contributed by atoms with E-state index >= 15 is 0 Å². The van der Waals surface area contributed by atoms with Crippen molar-refractivity contribution in [3.8, 4) is 0 Å². The molecule has 2 fully saturated rings. The van der Waals surface area contributed by atoms with Gasteiger partial charge in [0.2, 0.25) is 17.7 Å². The van der Waals surface area contributed by atoms with Crippen LogP contribution in [-0.4, -0.2) is 149 Å². The maximum Gasteiger partial charge on any atom is 0.407 e. The first-order chi connectivity index (χ1) is 42.8. The van der Waals surface area contributed by atoms with Crippen LogP contribution in [0.25, 0.3) is 0 Å². The summed E-state index contributed by atoms with van der Waals surface area (Å²) in [5.74, 6) is -3.94. The highest BCUT2D eigenvalue weighted by Crippen LogP contribution is 2.36. The average Bonchev–Trinajstić information content (AvgIpc) is 1.13. The third-order valence-electron chi connectivity index (χ3n) is 13.9. The van der Waals surface area contributed by atoms with Crippen LogP contribution in [0.2, 0.25) is 5.02 Å². The minimum atomic E-state index is -1.43. The molecule has 5 aromatic rings. The molecule has 2 aliphatic rings. The van der Waals surface area contributed by atoms with Gasteiger partial charge in [-0.1, -0.05) is 139 Å². The Morgan fingerprint density at radius 3 is 1.91 bits per heavy atom. The van der Waals surface area contributed by atoms with E-state index in [0.717, 1.165) is 5.56 Å². The highest BCUT2D eigenvalue weighted by atomic mass is 35.5. The van der Waals surface area contributed by atoms with E-state index in [1.165, 1.54) is 6.92 Å². The molecule has 5 N–H and O–H groups in total. The van der Waals surface area contributed by atoms with Crippen LogP contribution in [0.3, 0.4) is 0 Å². The molecule has 0 aliphatic carbocycles. The van der Waals surface area contributed by atoms with Crippen LogP contribution in [0.1, 0.15) is 77.9 Å². The number of hydrogen-bond acceptors (Lipinski definition) is 17. The lowest BCUT2D eigenvalue weighted by Crippen LogP contribution is -2.67. The number of ether oxygens (including phenoxy) is 10. The fraction of sp³-hybridized carbons (Fsp3) is 0.422. The van der Waals surface area contributed by atoms with Crippen LogP contribution in [-0.2, 0) is 91.2 Å². The molecule has 0 saturated carbocycles. The average molecular weight is 1260 g/mol. The van der Waals surface area contributed by atoms with Crippen molar-refractivity contribution in [3.05, 3.63) is 178 Å². The number of benzene rings is 5. The molecule has 88 heavy (non-hydrogen) atoms. The third kappa shape index (κ3) is 22.9. The van der Waals surface area contributed by atoms with Crippen LogP contribution in [0.4, 0.5) is 4.79 Å². The van der Waals surface area contributed by atoms with Crippen LogP contribution in [0.5, 0.6) is 0 Å². The summed E-state index contributed by atoms with van der Waals surface area (Å²) < 4.78 is 59.4. The van der Waals surface area contributed by atoms with Crippen molar-refractivity contribution in [2.45, 2.75) is 114 Å². The van der Waals surface area contributed by atoms with Crippen LogP contribution in [0.15, 0.2) is 146 Å². The summed E-state index contributed by atoms with van der Waals surface area (Å²) >= 11 is 11.9. The smallest absolute Gasteiger partial charge is 0.407 e. The van der Waals surface area contributed by atoms with E-state index in [1.54, 1.807) is 109 Å². The van der Waals surface area contributed by atoms with Gasteiger partial charge in [-0.25, -0.2) is 14.4 Å². The van der Waals surface area contributed by atoms with Gasteiger partial charge >= 0.3 is 18.0 Å². The number of fused-ring (bicyclic) bond motifs is 1. The van der Waals surface area contributed by atoms with Crippen molar-refractivity contribution in [2.24, 2.45) is 0 Å². The lowest BCUT2D eigenvalue weighted by molar-refractivity contribution is -0.348. The Balaban J connectivity index is 1.04. The quantitative estimate of drug-likeness (QED) is 0.0121. The molecule has 2 heterocycles. The first kappa shape index (κ1) is 68.0. The number of halogens is 2. The van der Waals surface area contributed by atoms with E-state index in [4.69, 9.17) is 70.6 Å². The van der Waals surface area contributed by atoms with Gasteiger partial charge < -0.3 is 74.0 Å². The van der Waals surface area contributed by atoms with Gasteiger partial charge in [0.05, 0.1) is 39.6 Å². The first-order valence-electron chi connectivity index (χ1n) is 29.1. The Morgan fingerprint density at radius 2 is 1.23 bits per heavy atom. The van der Waals surface area contributed by atoms with Crippen LogP contribution in [0, 0.1) is 0 Å². The summed E-state index contributed by atoms with van der Waals surface area (Å²) in [6, 6.07) is 37.5. The predicted molar refractivity (Wildman–Crippen MR) is 321 cm³/mol. The molecule has 22 nitrogen and oxygen atoms in total. The molecular formula is C64H75Cl2N5O17. The van der Waals surface area contributed by atoms with Gasteiger partial charge in [0.15, 0.2) is 12.6 Å². The number of carbonyl (C=O) groups is 7. The normalized spacial score (nSPS) is 18.9. The highest BCUT2D eigenvalue weighted by molar-refractivity contribution is 6.31. The Hall–Kier alpha value is -7.51. The Kier molecular flexibility index (Phi) is 28.9. The van der Waals surface area contributed by atoms with Gasteiger partial charge in [0.25, 0.3) is 5.91 Å². The second-order valence-corrected chi connectivity index (χ2v) is 21.2. The van der Waals surface area contributed by atoms with Crippen molar-refractivity contribution >= 4 is 64.9 Å². The number of alkyl carbamates (subject to hydrolysis) is 1. The minimum Gasteiger partial charge on any atom is -0.459 e. The van der Waals surface area contributed by atoms with E-state index in [-0.39, 0.29) is 65.6 Å². The molecule has 472 valence electrons. The zero-order chi connectivity index (χ0) is 62.3. The molecule has 5 aromatic carbocycles. The van der Waals surface area contributed by atoms with Crippen molar-refractivity contribution in [3.63, 3.8) is 0 Å². The van der Waals surface area contributed by atoms with E-state index in [2.05, 4.69) is 26.6 Å². The summed E-state index contributed by atoms with van der Waals surface area (Å²) in [4.78, 5) is 95.8. The van der Waals surface area contributed by atoms with Crippen molar-refractivity contribution in [1.29, 1.82) is 0 Å². The Bertz CT molecular complexity index is 2960. The largest absolute Gasteiger partial charge is 0.459 e. The second kappa shape index (κ2) is 37.4. The van der Waals surface area contributed by atoms with E-state index < -0.39 is 110 Å². The number of esters is 2. The molecule has 5 amide bonds. The third-order valence-corrected chi connectivity index (χ3v) is 14.4. The number of unbranched alkanes of at least 4 members (excludes halogenated alkanes) is 1. The van der Waals surface area contributed by atoms with Gasteiger partial charge in [-0.2, -0.15) is 0 Å². The number of carbonyl (C=O) groups excluding carboxylic acids is 7. The first-order valence-corrected chi connectivity index (χ1v) is 30.0. The van der Waals surface area contributed by atoms with Crippen LogP contribution < -0.4 is 26.6 Å². The lowest BCUT2D eigenvalue weighted by Gasteiger charge is -2.49. The number of hydrogen-bond donors (Lipinski definition) is 5. The van der Waals surface area contributed by atoms with Crippen molar-refractivity contribution < 1.29 is 80.9 Å². The fourth-order valence-corrected chi connectivity index (χ4v) is 9.57. The molecule has 0 radical (unpaired) electrons. The standard InChI is InChI=1S/C64H75Cl2N5O17/c1-43(60(76)83-38-44-18-6-2-7-19-44)68-59(75)50(28-16-17-32-67-64(78)86-40-48-26-14-15-27-49(48)66)69-53(72)30-29-51(61(77)84-39-45-20-8-3-9-21-45)70-54(73)42-82-57-55(71-58(74)46-22-10-4-11-23-46)63(81-37-36-80-35-34-79-33-31-65)87-52-41-85-62(88-56(52)57)47-24-12-5-13-25-47/h2-15,18-27,43,50-52,55-57,62-63H,16-17,28-42H2,1H3,(H,67,78)(H,68,75)(H,69,72)(H,70,73)(H,71,74)/t43?,50?,51?,52-,55?,56?,57-,62?,63-/m1/s1. The van der Waals surface area contributed by atoms with Gasteiger partial charge in [-0.05, 0) is 61.9 Å². The molecule has 2 saturated heterocycles. The number of alkyl halides is 1. The zero-order valence-electron chi connectivity index (χ0n) is 48.8. The summed E-state index contributed by atoms with van der Waals surface area (Å²) in [6.07, 6.45) is -5.71. The topological polar surface area (TPSA) is 272 Å². The number of rotatable bonds is 35. The Morgan fingerprint density at radius 1 is 0.614 bits per heavy atom. The summed E-state index contributed by atoms with van der Waals surface area (Å²) in [5, 5.41) is 14.2. The van der Waals surface area contributed by atoms with Crippen molar-refractivity contribution in [2.75, 3.05) is 58.7 Å². The van der Waals surface area contributed by atoms with E-state index in [1.807, 2.05) is 36.4 Å². The van der Waals surface area contributed by atoms with Crippen LogP contribution >= 0.6 is 23.2 Å². The molecule has 9 atom stereocenters. The van der Waals surface area contributed by atoms with Crippen molar-refractivity contribution in [1.82, 2.24) is 26.6 Å². The van der Waals surface area contributed by atoms with Gasteiger partial charge in [-0.15, -0.1) is 11.6 Å². The van der Waals surface area contributed by atoms with Gasteiger partial charge in [0.1, 0.15) is 68.9 Å². The predicted octanol–water partition coefficient (Wildman–Crippen LogP) is 6.79. The molecule has 7 rings (SSSR count). The molecule has 0 bridgehead atoms. The molecular weight excluding hydrogens is 1180 g/mol. The SMILES string of the molecule is CC(NC(=O)C(CCCCNC(=O)OCc1ccccc1Cl)NC(=O)CCC(NC(=O)CO[C@@H]1C(NC(=O)c2ccccc2)[C@H](OCCOCCOCCCl)O[C@@H]2COC(c3ccccc3)OC12)C(=O)OCc1ccccc1)C(=O)OCc1ccccc1. The van der Waals surface area contributed by atoms with E-state index in [9.17, 15) is 33.6 Å². The van der Waals surface area contributed by atoms with E-state index in [0.29, 0.717) is 59.2 Å². The molecule has 6 unspecified atom stereocenters. The molecule has 0 spiro atoms. The number of nitrogens with one attached hydrogen (secondary N) is 5. The summed E-state index contributed by atoms with van der Waals surface area (Å²) in [5.41, 5.74) is 3.02. The molecule has 2 aliphatic heterocycles. The fourth-order valence-electron chi connectivity index (χ4n) is 9.27. The highest BCUT2D eigenvalue weighted by Gasteiger charge is 2.52. The monoisotopic (exact) mass is 1260 g/mol. The molecule has 24 heteroatoms. The van der Waals surface area contributed by atoms with Gasteiger partial charge in [0, 0.05) is 40.6 Å². The minimum absolute atomic E-state index is 0.00370. The maximum atomic E-state index is 14.3. The maximum absolute atomic E-state index is 14.3. The summed E-state index contributed by atoms with van der Waals surface area (Å²) in [6.45, 7) is 1.73. The zero-order valence-corrected chi connectivity index (χ0v) is 50.3. The molecule has 0 aromatic heterocycles. The lowest BCUT2D eigenvalue weighted by atomic mass is 9.95. The Labute approximate surface area is 521 Å². The second-order valence-electron chi connectivity index (χ2n) is 20.4.